The number of hydrogen-bond acceptors (Lipinski definition) is 3. The van der Waals surface area contributed by atoms with Crippen molar-refractivity contribution in [1.29, 1.82) is 0 Å². The lowest BCUT2D eigenvalue weighted by atomic mass is 10.4. The summed E-state index contributed by atoms with van der Waals surface area (Å²) in [6.45, 7) is 0.00398. The lowest BCUT2D eigenvalue weighted by molar-refractivity contribution is -0.135. The molecule has 0 unspecified atom stereocenters. The van der Waals surface area contributed by atoms with E-state index in [1.54, 1.807) is 36.5 Å². The molecule has 0 spiro atoms. The molecule has 0 amide bonds. The van der Waals surface area contributed by atoms with Gasteiger partial charge in [0.2, 0.25) is 0 Å². The average Bonchev–Trinajstić information content (AvgIpc) is 2.05. The first-order valence-electron chi connectivity index (χ1n) is 3.53. The largest absolute Gasteiger partial charge is 0.480 e. The summed E-state index contributed by atoms with van der Waals surface area (Å²) in [4.78, 5) is 15.8. The number of anilines is 1. The van der Waals surface area contributed by atoms with E-state index in [1.165, 1.54) is 0 Å². The van der Waals surface area contributed by atoms with Gasteiger partial charge in [-0.05, 0) is 12.1 Å². The number of hydrogen-bond donors (Lipinski definition) is 1. The average molecular weight is 166 g/mol. The molecule has 1 N–H and O–H groups in total. The number of aliphatic carboxylic acids is 1. The molecule has 0 fully saturated rings. The van der Waals surface area contributed by atoms with Gasteiger partial charge in [0.1, 0.15) is 6.54 Å². The summed E-state index contributed by atoms with van der Waals surface area (Å²) in [6.07, 6.45) is 3.27. The van der Waals surface area contributed by atoms with Gasteiger partial charge in [0.25, 0.3) is 0 Å². The zero-order chi connectivity index (χ0) is 8.97. The van der Waals surface area contributed by atoms with Crippen LogP contribution in [0, 0.1) is 0 Å². The minimum absolute atomic E-state index is 0.00398. The topological polar surface area (TPSA) is 53.4 Å². The standard InChI is InChI=1S/C8H10N2O2/c1-10(6-8(11)12)7-2-4-9-5-3-7/h2-5H,6H2,1H3,(H,11,12). The number of nitrogens with zero attached hydrogens (tertiary/aromatic N) is 2. The second-order valence-corrected chi connectivity index (χ2v) is 2.46. The van der Waals surface area contributed by atoms with Gasteiger partial charge < -0.3 is 10.0 Å². The third-order valence-electron chi connectivity index (χ3n) is 1.48. The number of pyridine rings is 1. The van der Waals surface area contributed by atoms with Crippen molar-refractivity contribution in [3.8, 4) is 0 Å². The van der Waals surface area contributed by atoms with E-state index >= 15 is 0 Å². The summed E-state index contributed by atoms with van der Waals surface area (Å²) in [5.74, 6) is -0.839. The Labute approximate surface area is 70.5 Å². The second-order valence-electron chi connectivity index (χ2n) is 2.46. The second kappa shape index (κ2) is 3.71. The summed E-state index contributed by atoms with van der Waals surface area (Å²) < 4.78 is 0. The van der Waals surface area contributed by atoms with E-state index < -0.39 is 5.97 Å². The SMILES string of the molecule is CN(CC(=O)O)c1ccncc1. The maximum atomic E-state index is 10.3. The van der Waals surface area contributed by atoms with Crippen LogP contribution in [0.3, 0.4) is 0 Å². The summed E-state index contributed by atoms with van der Waals surface area (Å²) in [7, 11) is 1.73. The molecule has 0 bridgehead atoms. The van der Waals surface area contributed by atoms with Crippen molar-refractivity contribution in [2.75, 3.05) is 18.5 Å². The number of carboxylic acids is 1. The Hall–Kier alpha value is -1.58. The number of carbonyl (C=O) groups is 1. The molecule has 1 rings (SSSR count). The number of carboxylic acid groups (broad SMARTS) is 1. The highest BCUT2D eigenvalue weighted by Crippen LogP contribution is 2.08. The third-order valence-corrected chi connectivity index (χ3v) is 1.48. The van der Waals surface area contributed by atoms with Crippen LogP contribution in [0.1, 0.15) is 0 Å². The van der Waals surface area contributed by atoms with Crippen molar-refractivity contribution in [2.45, 2.75) is 0 Å². The molecule has 0 aliphatic carbocycles. The first kappa shape index (κ1) is 8.52. The Kier molecular flexibility index (Phi) is 2.63. The summed E-state index contributed by atoms with van der Waals surface area (Å²) >= 11 is 0. The maximum absolute atomic E-state index is 10.3. The molecule has 0 atom stereocenters. The van der Waals surface area contributed by atoms with Gasteiger partial charge in [0.15, 0.2) is 0 Å². The Morgan fingerprint density at radius 3 is 2.67 bits per heavy atom. The first-order valence-corrected chi connectivity index (χ1v) is 3.53. The summed E-state index contributed by atoms with van der Waals surface area (Å²) in [6, 6.07) is 3.53. The fourth-order valence-corrected chi connectivity index (χ4v) is 0.893. The van der Waals surface area contributed by atoms with Gasteiger partial charge >= 0.3 is 5.97 Å². The fraction of sp³-hybridized carbons (Fsp3) is 0.250. The van der Waals surface area contributed by atoms with Crippen LogP contribution in [0.5, 0.6) is 0 Å². The minimum atomic E-state index is -0.839. The minimum Gasteiger partial charge on any atom is -0.480 e. The van der Waals surface area contributed by atoms with Crippen molar-refractivity contribution < 1.29 is 9.90 Å². The van der Waals surface area contributed by atoms with Gasteiger partial charge in [0, 0.05) is 25.1 Å². The molecular formula is C8H10N2O2. The molecule has 4 heteroatoms. The number of aromatic nitrogens is 1. The maximum Gasteiger partial charge on any atom is 0.323 e. The van der Waals surface area contributed by atoms with Gasteiger partial charge in [-0.25, -0.2) is 0 Å². The molecule has 0 saturated carbocycles. The molecule has 0 radical (unpaired) electrons. The predicted molar refractivity (Wildman–Crippen MR) is 45.1 cm³/mol. The zero-order valence-electron chi connectivity index (χ0n) is 6.77. The van der Waals surface area contributed by atoms with Crippen LogP contribution in [-0.4, -0.2) is 29.7 Å². The highest BCUT2D eigenvalue weighted by molar-refractivity contribution is 5.73. The number of rotatable bonds is 3. The smallest absolute Gasteiger partial charge is 0.323 e. The van der Waals surface area contributed by atoms with Gasteiger partial charge in [-0.2, -0.15) is 0 Å². The fourth-order valence-electron chi connectivity index (χ4n) is 0.893. The molecule has 0 aliphatic heterocycles. The van der Waals surface area contributed by atoms with E-state index in [0.717, 1.165) is 5.69 Å². The molecule has 64 valence electrons. The molecule has 1 aromatic heterocycles. The summed E-state index contributed by atoms with van der Waals surface area (Å²) in [5, 5.41) is 8.49. The molecule has 0 aromatic carbocycles. The highest BCUT2D eigenvalue weighted by Gasteiger charge is 2.03. The van der Waals surface area contributed by atoms with E-state index in [1.807, 2.05) is 0 Å². The van der Waals surface area contributed by atoms with Crippen LogP contribution in [-0.2, 0) is 4.79 Å². The van der Waals surface area contributed by atoms with Crippen LogP contribution in [0.15, 0.2) is 24.5 Å². The normalized spacial score (nSPS) is 9.42. The van der Waals surface area contributed by atoms with Crippen molar-refractivity contribution in [3.05, 3.63) is 24.5 Å². The van der Waals surface area contributed by atoms with Gasteiger partial charge in [-0.1, -0.05) is 0 Å². The van der Waals surface area contributed by atoms with Crippen LogP contribution in [0.2, 0.25) is 0 Å². The molecule has 12 heavy (non-hydrogen) atoms. The molecule has 1 heterocycles. The molecular weight excluding hydrogens is 156 g/mol. The zero-order valence-corrected chi connectivity index (χ0v) is 6.77. The van der Waals surface area contributed by atoms with E-state index in [4.69, 9.17) is 5.11 Å². The Morgan fingerprint density at radius 2 is 2.17 bits per heavy atom. The van der Waals surface area contributed by atoms with E-state index in [9.17, 15) is 4.79 Å². The van der Waals surface area contributed by atoms with E-state index in [2.05, 4.69) is 4.98 Å². The van der Waals surface area contributed by atoms with Gasteiger partial charge in [0.05, 0.1) is 0 Å². The Balaban J connectivity index is 2.65. The molecule has 4 nitrogen and oxygen atoms in total. The number of likely N-dealkylation sites (N-methyl/N-ethyl adjacent to an activating group) is 1. The highest BCUT2D eigenvalue weighted by atomic mass is 16.4. The van der Waals surface area contributed by atoms with Gasteiger partial charge in [-0.15, -0.1) is 0 Å². The van der Waals surface area contributed by atoms with Crippen LogP contribution < -0.4 is 4.90 Å². The molecule has 1 aromatic rings. The lowest BCUT2D eigenvalue weighted by Crippen LogP contribution is -2.24. The Bertz CT molecular complexity index is 261. The molecule has 0 aliphatic rings. The van der Waals surface area contributed by atoms with Crippen LogP contribution >= 0.6 is 0 Å². The molecule has 0 saturated heterocycles. The van der Waals surface area contributed by atoms with E-state index in [0.29, 0.717) is 0 Å². The monoisotopic (exact) mass is 166 g/mol. The van der Waals surface area contributed by atoms with Crippen molar-refractivity contribution in [3.63, 3.8) is 0 Å². The summed E-state index contributed by atoms with van der Waals surface area (Å²) in [5.41, 5.74) is 0.854. The third kappa shape index (κ3) is 2.23. The lowest BCUT2D eigenvalue weighted by Gasteiger charge is -2.15. The van der Waals surface area contributed by atoms with Crippen LogP contribution in [0.4, 0.5) is 5.69 Å². The van der Waals surface area contributed by atoms with E-state index in [-0.39, 0.29) is 6.54 Å². The van der Waals surface area contributed by atoms with Crippen molar-refractivity contribution in [1.82, 2.24) is 4.98 Å². The first-order chi connectivity index (χ1) is 5.70. The van der Waals surface area contributed by atoms with Gasteiger partial charge in [-0.3, -0.25) is 9.78 Å². The Morgan fingerprint density at radius 1 is 1.58 bits per heavy atom. The van der Waals surface area contributed by atoms with Crippen LogP contribution in [0.25, 0.3) is 0 Å². The predicted octanol–water partition coefficient (Wildman–Crippen LogP) is 0.602. The van der Waals surface area contributed by atoms with Crippen molar-refractivity contribution in [2.24, 2.45) is 0 Å². The quantitative estimate of drug-likeness (QED) is 0.714. The van der Waals surface area contributed by atoms with Crippen molar-refractivity contribution >= 4 is 11.7 Å².